The Morgan fingerprint density at radius 2 is 1.89 bits per heavy atom. The van der Waals surface area contributed by atoms with Gasteiger partial charge in [0.2, 0.25) is 10.0 Å². The van der Waals surface area contributed by atoms with Crippen LogP contribution in [0.5, 0.6) is 0 Å². The summed E-state index contributed by atoms with van der Waals surface area (Å²) in [5, 5.41) is 0. The summed E-state index contributed by atoms with van der Waals surface area (Å²) in [4.78, 5) is 0.300. The van der Waals surface area contributed by atoms with E-state index in [2.05, 4.69) is 0 Å². The van der Waals surface area contributed by atoms with Gasteiger partial charge in [0.1, 0.15) is 0 Å². The van der Waals surface area contributed by atoms with Gasteiger partial charge in [0, 0.05) is 19.6 Å². The molecule has 1 aromatic carbocycles. The van der Waals surface area contributed by atoms with E-state index in [1.54, 1.807) is 25.2 Å². The van der Waals surface area contributed by atoms with Crippen molar-refractivity contribution < 1.29 is 8.42 Å². The second-order valence-corrected chi connectivity index (χ2v) is 8.23. The van der Waals surface area contributed by atoms with Crippen molar-refractivity contribution in [1.29, 1.82) is 0 Å². The van der Waals surface area contributed by atoms with E-state index in [1.807, 2.05) is 33.8 Å². The first-order chi connectivity index (χ1) is 8.54. The van der Waals surface area contributed by atoms with Gasteiger partial charge in [-0.05, 0) is 30.0 Å². The predicted octanol–water partition coefficient (Wildman–Crippen LogP) is 2.37. The largest absolute Gasteiger partial charge is 0.324 e. The van der Waals surface area contributed by atoms with E-state index in [9.17, 15) is 8.42 Å². The van der Waals surface area contributed by atoms with Crippen LogP contribution in [0.4, 0.5) is 0 Å². The maximum Gasteiger partial charge on any atom is 0.242 e. The fourth-order valence-corrected chi connectivity index (χ4v) is 3.34. The van der Waals surface area contributed by atoms with Crippen LogP contribution in [-0.4, -0.2) is 26.3 Å². The first-order valence-corrected chi connectivity index (χ1v) is 7.80. The van der Waals surface area contributed by atoms with E-state index in [-0.39, 0.29) is 11.5 Å². The average molecular weight is 284 g/mol. The molecule has 0 spiro atoms. The molecule has 19 heavy (non-hydrogen) atoms. The van der Waals surface area contributed by atoms with Crippen LogP contribution in [0.2, 0.25) is 0 Å². The van der Waals surface area contributed by atoms with E-state index >= 15 is 0 Å². The lowest BCUT2D eigenvalue weighted by atomic mass is 9.97. The summed E-state index contributed by atoms with van der Waals surface area (Å²) in [6.07, 6.45) is 0. The van der Waals surface area contributed by atoms with E-state index in [0.29, 0.717) is 11.4 Å². The summed E-state index contributed by atoms with van der Waals surface area (Å²) in [6, 6.07) is 6.66. The van der Waals surface area contributed by atoms with Crippen molar-refractivity contribution in [3.05, 3.63) is 29.8 Å². The van der Waals surface area contributed by atoms with Gasteiger partial charge >= 0.3 is 0 Å². The number of nitrogens with zero attached hydrogens (tertiary/aromatic N) is 1. The van der Waals surface area contributed by atoms with Gasteiger partial charge in [0.15, 0.2) is 0 Å². The van der Waals surface area contributed by atoms with Crippen LogP contribution in [0.25, 0.3) is 0 Å². The smallest absolute Gasteiger partial charge is 0.242 e. The van der Waals surface area contributed by atoms with Gasteiger partial charge < -0.3 is 5.73 Å². The zero-order valence-electron chi connectivity index (χ0n) is 12.3. The van der Waals surface area contributed by atoms with Crippen LogP contribution in [-0.2, 0) is 10.0 Å². The molecule has 1 rings (SSSR count). The van der Waals surface area contributed by atoms with E-state index < -0.39 is 10.0 Å². The molecule has 1 atom stereocenters. The minimum atomic E-state index is -3.45. The first-order valence-electron chi connectivity index (χ1n) is 6.36. The molecule has 0 aromatic heterocycles. The highest BCUT2D eigenvalue weighted by Crippen LogP contribution is 2.22. The first kappa shape index (κ1) is 16.1. The SMILES string of the molecule is CC(N)c1cccc(S(=O)(=O)N(C)CC(C)(C)C)c1. The van der Waals surface area contributed by atoms with Crippen molar-refractivity contribution in [3.63, 3.8) is 0 Å². The van der Waals surface area contributed by atoms with Gasteiger partial charge in [0.05, 0.1) is 4.90 Å². The highest BCUT2D eigenvalue weighted by atomic mass is 32.2. The number of rotatable bonds is 4. The molecule has 0 amide bonds. The van der Waals surface area contributed by atoms with Gasteiger partial charge in [-0.25, -0.2) is 12.7 Å². The normalized spacial score (nSPS) is 14.7. The molecule has 5 heteroatoms. The third-order valence-electron chi connectivity index (χ3n) is 2.79. The molecule has 2 N–H and O–H groups in total. The molecule has 0 aliphatic rings. The zero-order valence-corrected chi connectivity index (χ0v) is 13.2. The van der Waals surface area contributed by atoms with Gasteiger partial charge in [0.25, 0.3) is 0 Å². The van der Waals surface area contributed by atoms with Crippen molar-refractivity contribution >= 4 is 10.0 Å². The lowest BCUT2D eigenvalue weighted by molar-refractivity contribution is 0.311. The van der Waals surface area contributed by atoms with E-state index in [4.69, 9.17) is 5.73 Å². The second-order valence-electron chi connectivity index (χ2n) is 6.18. The zero-order chi connectivity index (χ0) is 14.8. The Balaban J connectivity index is 3.10. The third-order valence-corrected chi connectivity index (χ3v) is 4.59. The molecule has 0 saturated heterocycles. The highest BCUT2D eigenvalue weighted by molar-refractivity contribution is 7.89. The fourth-order valence-electron chi connectivity index (χ4n) is 1.89. The topological polar surface area (TPSA) is 63.4 Å². The van der Waals surface area contributed by atoms with Gasteiger partial charge in [-0.3, -0.25) is 0 Å². The number of benzene rings is 1. The van der Waals surface area contributed by atoms with Crippen molar-refractivity contribution in [3.8, 4) is 0 Å². The summed E-state index contributed by atoms with van der Waals surface area (Å²) in [5.74, 6) is 0. The van der Waals surface area contributed by atoms with Crippen LogP contribution in [0, 0.1) is 5.41 Å². The van der Waals surface area contributed by atoms with Crippen molar-refractivity contribution in [1.82, 2.24) is 4.31 Å². The van der Waals surface area contributed by atoms with Crippen molar-refractivity contribution in [2.75, 3.05) is 13.6 Å². The molecule has 0 aliphatic heterocycles. The van der Waals surface area contributed by atoms with E-state index in [1.165, 1.54) is 4.31 Å². The Morgan fingerprint density at radius 1 is 1.32 bits per heavy atom. The Bertz CT molecular complexity index is 531. The van der Waals surface area contributed by atoms with Crippen LogP contribution in [0.1, 0.15) is 39.3 Å². The Labute approximate surface area is 116 Å². The molecule has 4 nitrogen and oxygen atoms in total. The molecular weight excluding hydrogens is 260 g/mol. The molecule has 1 unspecified atom stereocenters. The number of nitrogens with two attached hydrogens (primary N) is 1. The van der Waals surface area contributed by atoms with Crippen LogP contribution in [0.15, 0.2) is 29.2 Å². The molecule has 0 saturated carbocycles. The summed E-state index contributed by atoms with van der Waals surface area (Å²) >= 11 is 0. The maximum absolute atomic E-state index is 12.5. The van der Waals surface area contributed by atoms with Crippen LogP contribution < -0.4 is 5.73 Å². The molecule has 1 aromatic rings. The van der Waals surface area contributed by atoms with Crippen LogP contribution >= 0.6 is 0 Å². The summed E-state index contributed by atoms with van der Waals surface area (Å²) < 4.78 is 26.3. The summed E-state index contributed by atoms with van der Waals surface area (Å²) in [7, 11) is -1.84. The Hall–Kier alpha value is -0.910. The maximum atomic E-state index is 12.5. The van der Waals surface area contributed by atoms with Gasteiger partial charge in [-0.2, -0.15) is 0 Å². The number of sulfonamides is 1. The molecule has 108 valence electrons. The second kappa shape index (κ2) is 5.61. The number of hydrogen-bond donors (Lipinski definition) is 1. The van der Waals surface area contributed by atoms with Crippen LogP contribution in [0.3, 0.4) is 0 Å². The molecule has 0 heterocycles. The lowest BCUT2D eigenvalue weighted by Crippen LogP contribution is -2.34. The van der Waals surface area contributed by atoms with Crippen molar-refractivity contribution in [2.24, 2.45) is 11.1 Å². The molecule has 0 aliphatic carbocycles. The number of hydrogen-bond acceptors (Lipinski definition) is 3. The quantitative estimate of drug-likeness (QED) is 0.923. The average Bonchev–Trinajstić information content (AvgIpc) is 2.26. The lowest BCUT2D eigenvalue weighted by Gasteiger charge is -2.26. The van der Waals surface area contributed by atoms with Crippen molar-refractivity contribution in [2.45, 2.75) is 38.6 Å². The predicted molar refractivity (Wildman–Crippen MR) is 78.3 cm³/mol. The molecule has 0 fully saturated rings. The monoisotopic (exact) mass is 284 g/mol. The van der Waals surface area contributed by atoms with E-state index in [0.717, 1.165) is 5.56 Å². The minimum Gasteiger partial charge on any atom is -0.324 e. The summed E-state index contributed by atoms with van der Waals surface area (Å²) in [6.45, 7) is 8.34. The minimum absolute atomic E-state index is 0.0827. The molecule has 0 bridgehead atoms. The third kappa shape index (κ3) is 4.30. The Morgan fingerprint density at radius 3 is 2.37 bits per heavy atom. The standard InChI is InChI=1S/C14H24N2O2S/c1-11(15)12-7-6-8-13(9-12)19(17,18)16(5)10-14(2,3)4/h6-9,11H,10,15H2,1-5H3. The Kier molecular flexibility index (Phi) is 4.76. The fraction of sp³-hybridized carbons (Fsp3) is 0.571. The van der Waals surface area contributed by atoms with Gasteiger partial charge in [-0.1, -0.05) is 32.9 Å². The highest BCUT2D eigenvalue weighted by Gasteiger charge is 2.25. The summed E-state index contributed by atoms with van der Waals surface area (Å²) in [5.41, 5.74) is 6.54. The molecule has 0 radical (unpaired) electrons. The molecular formula is C14H24N2O2S. The van der Waals surface area contributed by atoms with Gasteiger partial charge in [-0.15, -0.1) is 0 Å².